The van der Waals surface area contributed by atoms with Crippen LogP contribution in [0.5, 0.6) is 0 Å². The van der Waals surface area contributed by atoms with Crippen molar-refractivity contribution in [2.45, 2.75) is 56.2 Å². The largest absolute Gasteiger partial charge is 0.391 e. The standard InChI is InChI=1S/C19H28ClFN4O3/c1-11-5-12(17(21)7-16(11)20)8-23-19(28)25(13-3-4-13)14-6-15(26)10-24(9-14)18(27)22-2/h5,13-16,26H,3-4,6-10H2,1-2H3,(H,22,27)(H,23,28)/t14?,15-,16?/m0/s1. The van der Waals surface area contributed by atoms with Gasteiger partial charge < -0.3 is 25.5 Å². The second-order valence-corrected chi connectivity index (χ2v) is 8.32. The average molecular weight is 415 g/mol. The number of carbonyl (C=O) groups is 2. The molecule has 1 saturated heterocycles. The molecule has 3 N–H and O–H groups in total. The minimum atomic E-state index is -0.685. The second-order valence-electron chi connectivity index (χ2n) is 7.79. The summed E-state index contributed by atoms with van der Waals surface area (Å²) in [4.78, 5) is 28.1. The molecule has 3 rings (SSSR count). The maximum absolute atomic E-state index is 14.2. The molecule has 2 unspecified atom stereocenters. The highest BCUT2D eigenvalue weighted by Gasteiger charge is 2.41. The number of aliphatic hydroxyl groups is 1. The lowest BCUT2D eigenvalue weighted by atomic mass is 9.99. The Balaban J connectivity index is 1.66. The Labute approximate surface area is 169 Å². The number of rotatable bonds is 4. The molecule has 0 bridgehead atoms. The third kappa shape index (κ3) is 4.78. The third-order valence-electron chi connectivity index (χ3n) is 5.51. The first-order valence-corrected chi connectivity index (χ1v) is 10.1. The Morgan fingerprint density at radius 1 is 1.36 bits per heavy atom. The summed E-state index contributed by atoms with van der Waals surface area (Å²) in [7, 11) is 1.54. The molecule has 1 saturated carbocycles. The SMILES string of the molecule is CNC(=O)N1CC(N(C(=O)NCC2=C(F)CC(Cl)C(C)=C2)C2CC2)C[C@H](O)C1. The van der Waals surface area contributed by atoms with E-state index in [0.717, 1.165) is 18.4 Å². The van der Waals surface area contributed by atoms with Gasteiger partial charge in [-0.2, -0.15) is 0 Å². The molecule has 28 heavy (non-hydrogen) atoms. The van der Waals surface area contributed by atoms with Gasteiger partial charge in [0.1, 0.15) is 5.83 Å². The van der Waals surface area contributed by atoms with Crippen LogP contribution in [0.15, 0.2) is 23.0 Å². The number of β-amino-alcohol motifs (C(OH)–C–C–N with tert-alkyl or cyclic N) is 1. The Kier molecular flexibility index (Phi) is 6.50. The highest BCUT2D eigenvalue weighted by molar-refractivity contribution is 6.22. The van der Waals surface area contributed by atoms with Crippen LogP contribution in [0.1, 0.15) is 32.6 Å². The molecule has 156 valence electrons. The minimum absolute atomic E-state index is 0.0866. The van der Waals surface area contributed by atoms with Crippen molar-refractivity contribution in [2.24, 2.45) is 0 Å². The first kappa shape index (κ1) is 20.9. The summed E-state index contributed by atoms with van der Waals surface area (Å²) < 4.78 is 14.2. The number of hydrogen-bond acceptors (Lipinski definition) is 3. The van der Waals surface area contributed by atoms with Gasteiger partial charge >= 0.3 is 12.1 Å². The molecule has 9 heteroatoms. The molecular formula is C19H28ClFN4O3. The van der Waals surface area contributed by atoms with Crippen molar-refractivity contribution in [2.75, 3.05) is 26.7 Å². The Morgan fingerprint density at radius 3 is 2.71 bits per heavy atom. The summed E-state index contributed by atoms with van der Waals surface area (Å²) >= 11 is 6.06. The first-order valence-electron chi connectivity index (χ1n) is 9.70. The van der Waals surface area contributed by atoms with Crippen molar-refractivity contribution in [3.8, 4) is 0 Å². The molecule has 2 fully saturated rings. The Hall–Kier alpha value is -1.80. The number of carbonyl (C=O) groups excluding carboxylic acids is 2. The van der Waals surface area contributed by atoms with Crippen molar-refractivity contribution in [3.05, 3.63) is 23.0 Å². The number of likely N-dealkylation sites (tertiary alicyclic amines) is 1. The lowest BCUT2D eigenvalue weighted by molar-refractivity contribution is 0.0358. The minimum Gasteiger partial charge on any atom is -0.391 e. The van der Waals surface area contributed by atoms with E-state index in [1.54, 1.807) is 11.0 Å². The van der Waals surface area contributed by atoms with Crippen LogP contribution in [0.4, 0.5) is 14.0 Å². The van der Waals surface area contributed by atoms with E-state index in [-0.39, 0.29) is 54.9 Å². The van der Waals surface area contributed by atoms with Crippen LogP contribution < -0.4 is 10.6 Å². The van der Waals surface area contributed by atoms with Crippen LogP contribution in [-0.2, 0) is 0 Å². The Bertz CT molecular complexity index is 695. The second kappa shape index (κ2) is 8.69. The summed E-state index contributed by atoms with van der Waals surface area (Å²) in [5.74, 6) is -0.303. The van der Waals surface area contributed by atoms with E-state index in [0.29, 0.717) is 18.5 Å². The Morgan fingerprint density at radius 2 is 2.07 bits per heavy atom. The maximum atomic E-state index is 14.2. The van der Waals surface area contributed by atoms with Crippen molar-refractivity contribution < 1.29 is 19.1 Å². The van der Waals surface area contributed by atoms with Gasteiger partial charge in [0.25, 0.3) is 0 Å². The highest BCUT2D eigenvalue weighted by Crippen LogP contribution is 2.32. The van der Waals surface area contributed by atoms with E-state index in [1.807, 2.05) is 6.92 Å². The van der Waals surface area contributed by atoms with Crippen LogP contribution in [0, 0.1) is 0 Å². The quantitative estimate of drug-likeness (QED) is 0.616. The van der Waals surface area contributed by atoms with E-state index in [2.05, 4.69) is 10.6 Å². The highest BCUT2D eigenvalue weighted by atomic mass is 35.5. The number of nitrogens with one attached hydrogen (secondary N) is 2. The van der Waals surface area contributed by atoms with Crippen LogP contribution in [-0.4, -0.2) is 77.2 Å². The van der Waals surface area contributed by atoms with Crippen LogP contribution in [0.25, 0.3) is 0 Å². The molecular weight excluding hydrogens is 387 g/mol. The normalized spacial score (nSPS) is 28.0. The van der Waals surface area contributed by atoms with Gasteiger partial charge in [-0.25, -0.2) is 14.0 Å². The lowest BCUT2D eigenvalue weighted by Crippen LogP contribution is -2.59. The molecule has 4 amide bonds. The van der Waals surface area contributed by atoms with Gasteiger partial charge in [0, 0.05) is 44.7 Å². The zero-order chi connectivity index (χ0) is 20.4. The predicted octanol–water partition coefficient (Wildman–Crippen LogP) is 2.12. The monoisotopic (exact) mass is 414 g/mol. The van der Waals surface area contributed by atoms with E-state index in [1.165, 1.54) is 11.9 Å². The van der Waals surface area contributed by atoms with E-state index < -0.39 is 6.10 Å². The lowest BCUT2D eigenvalue weighted by Gasteiger charge is -2.41. The molecule has 1 aliphatic heterocycles. The number of aliphatic hydroxyl groups excluding tert-OH is 1. The zero-order valence-electron chi connectivity index (χ0n) is 16.3. The van der Waals surface area contributed by atoms with Crippen molar-refractivity contribution in [1.29, 1.82) is 0 Å². The zero-order valence-corrected chi connectivity index (χ0v) is 17.0. The number of hydrogen-bond donors (Lipinski definition) is 3. The summed E-state index contributed by atoms with van der Waals surface area (Å²) in [6, 6.07) is -0.747. The van der Waals surface area contributed by atoms with Gasteiger partial charge in [0.15, 0.2) is 0 Å². The molecule has 3 atom stereocenters. The fourth-order valence-corrected chi connectivity index (χ4v) is 4.05. The summed E-state index contributed by atoms with van der Waals surface area (Å²) in [6.07, 6.45) is 3.35. The number of alkyl halides is 1. The molecule has 0 radical (unpaired) electrons. The molecule has 0 aromatic heterocycles. The van der Waals surface area contributed by atoms with E-state index in [9.17, 15) is 19.1 Å². The van der Waals surface area contributed by atoms with Gasteiger partial charge in [-0.1, -0.05) is 11.6 Å². The predicted molar refractivity (Wildman–Crippen MR) is 105 cm³/mol. The van der Waals surface area contributed by atoms with Crippen molar-refractivity contribution in [3.63, 3.8) is 0 Å². The number of nitrogens with zero attached hydrogens (tertiary/aromatic N) is 2. The molecule has 0 aromatic carbocycles. The number of piperidine rings is 1. The van der Waals surface area contributed by atoms with Crippen LogP contribution in [0.2, 0.25) is 0 Å². The summed E-state index contributed by atoms with van der Waals surface area (Å²) in [5, 5.41) is 15.2. The van der Waals surface area contributed by atoms with Crippen molar-refractivity contribution in [1.82, 2.24) is 20.4 Å². The third-order valence-corrected chi connectivity index (χ3v) is 6.01. The fourth-order valence-electron chi connectivity index (χ4n) is 3.86. The fraction of sp³-hybridized carbons (Fsp3) is 0.684. The number of amides is 4. The number of allylic oxidation sites excluding steroid dienone is 2. The number of urea groups is 2. The van der Waals surface area contributed by atoms with Gasteiger partial charge in [-0.3, -0.25) is 0 Å². The average Bonchev–Trinajstić information content (AvgIpc) is 3.47. The van der Waals surface area contributed by atoms with Crippen LogP contribution in [0.3, 0.4) is 0 Å². The molecule has 0 aromatic rings. The first-order chi connectivity index (χ1) is 13.3. The topological polar surface area (TPSA) is 84.9 Å². The summed E-state index contributed by atoms with van der Waals surface area (Å²) in [6.45, 7) is 2.55. The van der Waals surface area contributed by atoms with Crippen molar-refractivity contribution >= 4 is 23.7 Å². The molecule has 2 aliphatic carbocycles. The molecule has 1 heterocycles. The maximum Gasteiger partial charge on any atom is 0.318 e. The van der Waals surface area contributed by atoms with Gasteiger partial charge in [0.2, 0.25) is 0 Å². The van der Waals surface area contributed by atoms with E-state index in [4.69, 9.17) is 11.6 Å². The van der Waals surface area contributed by atoms with E-state index >= 15 is 0 Å². The smallest absolute Gasteiger partial charge is 0.318 e. The molecule has 7 nitrogen and oxygen atoms in total. The molecule has 3 aliphatic rings. The number of halogens is 2. The van der Waals surface area contributed by atoms with Gasteiger partial charge in [0.05, 0.1) is 17.5 Å². The van der Waals surface area contributed by atoms with Gasteiger partial charge in [-0.05, 0) is 26.2 Å². The van der Waals surface area contributed by atoms with Gasteiger partial charge in [-0.15, -0.1) is 11.6 Å². The molecule has 0 spiro atoms. The van der Waals surface area contributed by atoms with Crippen LogP contribution >= 0.6 is 11.6 Å². The summed E-state index contributed by atoms with van der Waals surface area (Å²) in [5.41, 5.74) is 1.32.